The third kappa shape index (κ3) is 4.63. The van der Waals surface area contributed by atoms with E-state index >= 15 is 0 Å². The van der Waals surface area contributed by atoms with Crippen LogP contribution in [0.15, 0.2) is 22.9 Å². The van der Waals surface area contributed by atoms with Crippen molar-refractivity contribution in [3.63, 3.8) is 0 Å². The minimum atomic E-state index is -0.265. The number of ether oxygens (including phenoxy) is 1. The Labute approximate surface area is 105 Å². The first-order chi connectivity index (χ1) is 7.53. The van der Waals surface area contributed by atoms with E-state index in [1.54, 1.807) is 12.4 Å². The van der Waals surface area contributed by atoms with Gasteiger partial charge in [-0.25, -0.2) is 0 Å². The average Bonchev–Trinajstić information content (AvgIpc) is 2.25. The van der Waals surface area contributed by atoms with Gasteiger partial charge in [-0.15, -0.1) is 0 Å². The number of hydrogen-bond donors (Lipinski definition) is 0. The van der Waals surface area contributed by atoms with Gasteiger partial charge in [0.25, 0.3) is 0 Å². The Balaban J connectivity index is 2.29. The van der Waals surface area contributed by atoms with Gasteiger partial charge in [-0.05, 0) is 48.7 Å². The van der Waals surface area contributed by atoms with Crippen LogP contribution < -0.4 is 4.74 Å². The molecule has 1 aromatic heterocycles. The molecule has 0 aliphatic carbocycles. The number of halogens is 1. The lowest BCUT2D eigenvalue weighted by atomic mass is 9.90. The Hall–Kier alpha value is -1.08. The van der Waals surface area contributed by atoms with Gasteiger partial charge in [-0.2, -0.15) is 5.26 Å². The van der Waals surface area contributed by atoms with E-state index in [4.69, 9.17) is 10.00 Å². The Bertz CT molecular complexity index is 385. The van der Waals surface area contributed by atoms with Crippen LogP contribution in [0.25, 0.3) is 0 Å². The summed E-state index contributed by atoms with van der Waals surface area (Å²) in [5.41, 5.74) is -0.265. The van der Waals surface area contributed by atoms with Gasteiger partial charge in [0.2, 0.25) is 0 Å². The monoisotopic (exact) mass is 282 g/mol. The van der Waals surface area contributed by atoms with Crippen molar-refractivity contribution in [3.8, 4) is 11.8 Å². The predicted molar refractivity (Wildman–Crippen MR) is 66.1 cm³/mol. The molecule has 0 atom stereocenters. The first-order valence-corrected chi connectivity index (χ1v) is 5.97. The summed E-state index contributed by atoms with van der Waals surface area (Å²) in [7, 11) is 0. The Morgan fingerprint density at radius 3 is 2.88 bits per heavy atom. The summed E-state index contributed by atoms with van der Waals surface area (Å²) in [6.45, 7) is 4.49. The second-order valence-electron chi connectivity index (χ2n) is 4.29. The van der Waals surface area contributed by atoms with Crippen LogP contribution >= 0.6 is 15.9 Å². The molecule has 0 saturated heterocycles. The van der Waals surface area contributed by atoms with Gasteiger partial charge < -0.3 is 4.74 Å². The van der Waals surface area contributed by atoms with Crippen LogP contribution in [0, 0.1) is 16.7 Å². The summed E-state index contributed by atoms with van der Waals surface area (Å²) in [5, 5.41) is 8.84. The zero-order valence-corrected chi connectivity index (χ0v) is 11.1. The molecular formula is C12H15BrN2O. The molecular weight excluding hydrogens is 268 g/mol. The molecule has 0 fully saturated rings. The summed E-state index contributed by atoms with van der Waals surface area (Å²) in [6, 6.07) is 4.15. The fourth-order valence-electron chi connectivity index (χ4n) is 1.23. The molecule has 0 unspecified atom stereocenters. The van der Waals surface area contributed by atoms with E-state index in [-0.39, 0.29) is 5.41 Å². The first kappa shape index (κ1) is 13.0. The molecule has 86 valence electrons. The molecule has 0 N–H and O–H groups in total. The van der Waals surface area contributed by atoms with Crippen molar-refractivity contribution in [2.24, 2.45) is 5.41 Å². The van der Waals surface area contributed by atoms with Crippen molar-refractivity contribution < 1.29 is 4.74 Å². The zero-order valence-electron chi connectivity index (χ0n) is 9.53. The highest BCUT2D eigenvalue weighted by Gasteiger charge is 2.15. The van der Waals surface area contributed by atoms with Gasteiger partial charge in [-0.3, -0.25) is 4.98 Å². The molecule has 0 spiro atoms. The normalized spacial score (nSPS) is 10.9. The van der Waals surface area contributed by atoms with Crippen molar-refractivity contribution in [3.05, 3.63) is 22.9 Å². The van der Waals surface area contributed by atoms with Crippen LogP contribution in [0.2, 0.25) is 0 Å². The maximum atomic E-state index is 8.84. The van der Waals surface area contributed by atoms with Gasteiger partial charge in [0, 0.05) is 10.7 Å². The maximum Gasteiger partial charge on any atom is 0.138 e. The molecule has 4 heteroatoms. The van der Waals surface area contributed by atoms with Gasteiger partial charge in [-0.1, -0.05) is 0 Å². The molecule has 0 aliphatic rings. The van der Waals surface area contributed by atoms with E-state index in [2.05, 4.69) is 27.0 Å². The van der Waals surface area contributed by atoms with Gasteiger partial charge in [0.1, 0.15) is 5.75 Å². The van der Waals surface area contributed by atoms with Gasteiger partial charge in [0.15, 0.2) is 0 Å². The largest absolute Gasteiger partial charge is 0.492 e. The Morgan fingerprint density at radius 1 is 1.50 bits per heavy atom. The fraction of sp³-hybridized carbons (Fsp3) is 0.500. The SMILES string of the molecule is CC(C)(C#N)CCCOc1cncc(Br)c1. The van der Waals surface area contributed by atoms with Crippen LogP contribution in [0.3, 0.4) is 0 Å². The number of aromatic nitrogens is 1. The average molecular weight is 283 g/mol. The van der Waals surface area contributed by atoms with Crippen LogP contribution in [0.4, 0.5) is 0 Å². The number of pyridine rings is 1. The Morgan fingerprint density at radius 2 is 2.25 bits per heavy atom. The predicted octanol–water partition coefficient (Wildman–Crippen LogP) is 3.55. The highest BCUT2D eigenvalue weighted by molar-refractivity contribution is 9.10. The van der Waals surface area contributed by atoms with E-state index in [0.717, 1.165) is 23.1 Å². The minimum absolute atomic E-state index is 0.265. The molecule has 3 nitrogen and oxygen atoms in total. The second kappa shape index (κ2) is 5.86. The molecule has 1 heterocycles. The number of nitrogens with zero attached hydrogens (tertiary/aromatic N) is 2. The number of rotatable bonds is 5. The molecule has 0 radical (unpaired) electrons. The van der Waals surface area contributed by atoms with Crippen LogP contribution in [-0.2, 0) is 0 Å². The third-order valence-corrected chi connectivity index (χ3v) is 2.63. The number of nitriles is 1. The quantitative estimate of drug-likeness (QED) is 0.776. The third-order valence-electron chi connectivity index (χ3n) is 2.20. The lowest BCUT2D eigenvalue weighted by Gasteiger charge is -2.14. The molecule has 0 saturated carbocycles. The second-order valence-corrected chi connectivity index (χ2v) is 5.20. The lowest BCUT2D eigenvalue weighted by molar-refractivity contribution is 0.283. The highest BCUT2D eigenvalue weighted by Crippen LogP contribution is 2.21. The molecule has 0 amide bonds. The minimum Gasteiger partial charge on any atom is -0.492 e. The maximum absolute atomic E-state index is 8.84. The van der Waals surface area contributed by atoms with Crippen LogP contribution in [-0.4, -0.2) is 11.6 Å². The molecule has 16 heavy (non-hydrogen) atoms. The summed E-state index contributed by atoms with van der Waals surface area (Å²) in [4.78, 5) is 4.00. The molecule has 1 aromatic rings. The lowest BCUT2D eigenvalue weighted by Crippen LogP contribution is -2.10. The van der Waals surface area contributed by atoms with Gasteiger partial charge >= 0.3 is 0 Å². The number of hydrogen-bond acceptors (Lipinski definition) is 3. The van der Waals surface area contributed by atoms with Crippen LogP contribution in [0.5, 0.6) is 5.75 Å². The van der Waals surface area contributed by atoms with Crippen molar-refractivity contribution in [1.29, 1.82) is 5.26 Å². The topological polar surface area (TPSA) is 45.9 Å². The highest BCUT2D eigenvalue weighted by atomic mass is 79.9. The molecule has 0 bridgehead atoms. The molecule has 0 aromatic carbocycles. The fourth-order valence-corrected chi connectivity index (χ4v) is 1.58. The summed E-state index contributed by atoms with van der Waals surface area (Å²) in [5.74, 6) is 0.754. The van der Waals surface area contributed by atoms with Crippen molar-refractivity contribution in [1.82, 2.24) is 4.98 Å². The molecule has 1 rings (SSSR count). The summed E-state index contributed by atoms with van der Waals surface area (Å²) < 4.78 is 6.43. The van der Waals surface area contributed by atoms with E-state index in [0.29, 0.717) is 6.61 Å². The zero-order chi connectivity index (χ0) is 12.0. The van der Waals surface area contributed by atoms with Crippen molar-refractivity contribution >= 4 is 15.9 Å². The first-order valence-electron chi connectivity index (χ1n) is 5.18. The standard InChI is InChI=1S/C12H15BrN2O/c1-12(2,9-14)4-3-5-16-11-6-10(13)7-15-8-11/h6-8H,3-5H2,1-2H3. The van der Waals surface area contributed by atoms with E-state index < -0.39 is 0 Å². The van der Waals surface area contributed by atoms with Crippen molar-refractivity contribution in [2.75, 3.05) is 6.61 Å². The smallest absolute Gasteiger partial charge is 0.138 e. The van der Waals surface area contributed by atoms with Crippen molar-refractivity contribution in [2.45, 2.75) is 26.7 Å². The summed E-state index contributed by atoms with van der Waals surface area (Å²) >= 11 is 3.33. The molecule has 0 aliphatic heterocycles. The van der Waals surface area contributed by atoms with E-state index in [9.17, 15) is 0 Å². The summed E-state index contributed by atoms with van der Waals surface area (Å²) in [6.07, 6.45) is 5.10. The van der Waals surface area contributed by atoms with E-state index in [1.807, 2.05) is 19.9 Å². The van der Waals surface area contributed by atoms with Crippen LogP contribution in [0.1, 0.15) is 26.7 Å². The Kier molecular flexibility index (Phi) is 4.75. The van der Waals surface area contributed by atoms with E-state index in [1.165, 1.54) is 0 Å². The van der Waals surface area contributed by atoms with Gasteiger partial charge in [0.05, 0.1) is 24.3 Å².